The first-order valence-electron chi connectivity index (χ1n) is 8.74. The number of carbonyl (C=O) groups is 1. The van der Waals surface area contributed by atoms with Gasteiger partial charge >= 0.3 is 5.97 Å². The summed E-state index contributed by atoms with van der Waals surface area (Å²) in [7, 11) is -3.66. The molecule has 2 aromatic rings. The van der Waals surface area contributed by atoms with E-state index in [0.29, 0.717) is 18.7 Å². The van der Waals surface area contributed by atoms with Crippen LogP contribution in [0.4, 0.5) is 4.39 Å². The highest BCUT2D eigenvalue weighted by Gasteiger charge is 2.27. The molecule has 0 aromatic heterocycles. The molecule has 0 unspecified atom stereocenters. The Bertz CT molecular complexity index is 1070. The van der Waals surface area contributed by atoms with Gasteiger partial charge in [-0.05, 0) is 30.3 Å². The van der Waals surface area contributed by atoms with Crippen LogP contribution in [-0.4, -0.2) is 37.7 Å². The molecular formula is C20H19FN2O4S. The Balaban J connectivity index is 1.97. The molecule has 0 N–H and O–H groups in total. The number of aliphatic imine (C=N–C) groups is 1. The zero-order chi connectivity index (χ0) is 20.3. The fourth-order valence-electron chi connectivity index (χ4n) is 2.77. The van der Waals surface area contributed by atoms with Gasteiger partial charge in [-0.3, -0.25) is 0 Å². The molecule has 1 aliphatic rings. The Morgan fingerprint density at radius 1 is 1.11 bits per heavy atom. The number of halogens is 1. The summed E-state index contributed by atoms with van der Waals surface area (Å²) in [5.41, 5.74) is 0.493. The van der Waals surface area contributed by atoms with Gasteiger partial charge in [-0.1, -0.05) is 38.1 Å². The van der Waals surface area contributed by atoms with Crippen LogP contribution in [0.25, 0.3) is 6.08 Å². The minimum Gasteiger partial charge on any atom is -0.402 e. The van der Waals surface area contributed by atoms with E-state index in [1.807, 2.05) is 0 Å². The van der Waals surface area contributed by atoms with Gasteiger partial charge in [0, 0.05) is 24.2 Å². The molecular weight excluding hydrogens is 383 g/mol. The maximum absolute atomic E-state index is 13.8. The van der Waals surface area contributed by atoms with Gasteiger partial charge in [0.15, 0.2) is 5.70 Å². The summed E-state index contributed by atoms with van der Waals surface area (Å²) in [5, 5.41) is 0. The highest BCUT2D eigenvalue weighted by atomic mass is 32.2. The lowest BCUT2D eigenvalue weighted by atomic mass is 10.2. The van der Waals surface area contributed by atoms with Crippen molar-refractivity contribution >= 4 is 28.0 Å². The molecule has 2 aromatic carbocycles. The maximum Gasteiger partial charge on any atom is 0.363 e. The van der Waals surface area contributed by atoms with Crippen LogP contribution in [0.5, 0.6) is 0 Å². The maximum atomic E-state index is 13.8. The summed E-state index contributed by atoms with van der Waals surface area (Å²) in [4.78, 5) is 16.3. The zero-order valence-electron chi connectivity index (χ0n) is 15.4. The Morgan fingerprint density at radius 3 is 2.50 bits per heavy atom. The van der Waals surface area contributed by atoms with Crippen molar-refractivity contribution in [2.75, 3.05) is 13.1 Å². The second-order valence-corrected chi connectivity index (χ2v) is 7.91. The third-order valence-corrected chi connectivity index (χ3v) is 6.29. The van der Waals surface area contributed by atoms with Crippen LogP contribution in [0.2, 0.25) is 0 Å². The SMILES string of the molecule is CCN(CC)S(=O)(=O)c1cccc(C2=N/C(=C\c3ccccc3F)C(=O)O2)c1. The third-order valence-electron chi connectivity index (χ3n) is 4.24. The quantitative estimate of drug-likeness (QED) is 0.549. The fraction of sp³-hybridized carbons (Fsp3) is 0.200. The van der Waals surface area contributed by atoms with E-state index in [0.717, 1.165) is 0 Å². The fourth-order valence-corrected chi connectivity index (χ4v) is 4.28. The molecule has 0 aliphatic carbocycles. The predicted molar refractivity (Wildman–Crippen MR) is 104 cm³/mol. The average Bonchev–Trinajstić information content (AvgIpc) is 3.05. The molecule has 3 rings (SSSR count). The van der Waals surface area contributed by atoms with Gasteiger partial charge in [0.1, 0.15) is 5.82 Å². The minimum absolute atomic E-state index is 0.0239. The van der Waals surface area contributed by atoms with Crippen molar-refractivity contribution < 1.29 is 22.3 Å². The van der Waals surface area contributed by atoms with Crippen molar-refractivity contribution in [2.45, 2.75) is 18.7 Å². The number of benzene rings is 2. The van der Waals surface area contributed by atoms with Gasteiger partial charge in [-0.25, -0.2) is 22.6 Å². The lowest BCUT2D eigenvalue weighted by Gasteiger charge is -2.18. The first-order valence-corrected chi connectivity index (χ1v) is 10.2. The average molecular weight is 402 g/mol. The minimum atomic E-state index is -3.66. The molecule has 1 heterocycles. The van der Waals surface area contributed by atoms with Gasteiger partial charge in [0.2, 0.25) is 15.9 Å². The first-order chi connectivity index (χ1) is 13.4. The number of rotatable bonds is 6. The number of hydrogen-bond donors (Lipinski definition) is 0. The lowest BCUT2D eigenvalue weighted by molar-refractivity contribution is -0.129. The molecule has 0 atom stereocenters. The van der Waals surface area contributed by atoms with Crippen molar-refractivity contribution in [3.63, 3.8) is 0 Å². The van der Waals surface area contributed by atoms with E-state index in [2.05, 4.69) is 4.99 Å². The standard InChI is InChI=1S/C20H19FN2O4S/c1-3-23(4-2)28(25,26)16-10-7-9-15(12-16)19-22-18(20(24)27-19)13-14-8-5-6-11-17(14)21/h5-13H,3-4H2,1-2H3/b18-13-. The van der Waals surface area contributed by atoms with E-state index >= 15 is 0 Å². The number of ether oxygens (including phenoxy) is 1. The van der Waals surface area contributed by atoms with Crippen LogP contribution < -0.4 is 0 Å². The lowest BCUT2D eigenvalue weighted by Crippen LogP contribution is -2.30. The Kier molecular flexibility index (Phi) is 5.71. The summed E-state index contributed by atoms with van der Waals surface area (Å²) >= 11 is 0. The molecule has 28 heavy (non-hydrogen) atoms. The van der Waals surface area contributed by atoms with Gasteiger partial charge in [-0.2, -0.15) is 4.31 Å². The highest BCUT2D eigenvalue weighted by Crippen LogP contribution is 2.23. The van der Waals surface area contributed by atoms with Crippen molar-refractivity contribution in [1.29, 1.82) is 0 Å². The number of nitrogens with zero attached hydrogens (tertiary/aromatic N) is 2. The molecule has 0 amide bonds. The van der Waals surface area contributed by atoms with E-state index in [1.165, 1.54) is 34.6 Å². The summed E-state index contributed by atoms with van der Waals surface area (Å²) in [5.74, 6) is -1.24. The molecule has 0 spiro atoms. The largest absolute Gasteiger partial charge is 0.402 e. The first kappa shape index (κ1) is 19.9. The summed E-state index contributed by atoms with van der Waals surface area (Å²) in [6, 6.07) is 12.0. The summed E-state index contributed by atoms with van der Waals surface area (Å²) in [6.07, 6.45) is 1.29. The van der Waals surface area contributed by atoms with E-state index in [-0.39, 0.29) is 22.1 Å². The number of hydrogen-bond acceptors (Lipinski definition) is 5. The van der Waals surface area contributed by atoms with Crippen molar-refractivity contribution in [2.24, 2.45) is 4.99 Å². The topological polar surface area (TPSA) is 76.0 Å². The van der Waals surface area contributed by atoms with E-state index < -0.39 is 21.8 Å². The second-order valence-electron chi connectivity index (χ2n) is 5.97. The zero-order valence-corrected chi connectivity index (χ0v) is 16.2. The van der Waals surface area contributed by atoms with Crippen LogP contribution in [-0.2, 0) is 19.6 Å². The van der Waals surface area contributed by atoms with Crippen molar-refractivity contribution in [1.82, 2.24) is 4.31 Å². The van der Waals surface area contributed by atoms with E-state index in [9.17, 15) is 17.6 Å². The molecule has 0 saturated heterocycles. The number of cyclic esters (lactones) is 1. The van der Waals surface area contributed by atoms with Gasteiger partial charge < -0.3 is 4.74 Å². The number of carbonyl (C=O) groups excluding carboxylic acids is 1. The second kappa shape index (κ2) is 8.04. The predicted octanol–water partition coefficient (Wildman–Crippen LogP) is 3.20. The van der Waals surface area contributed by atoms with Crippen molar-refractivity contribution in [3.05, 3.63) is 71.2 Å². The molecule has 6 nitrogen and oxygen atoms in total. The Morgan fingerprint density at radius 2 is 1.82 bits per heavy atom. The van der Waals surface area contributed by atoms with E-state index in [1.54, 1.807) is 38.1 Å². The molecule has 0 radical (unpaired) electrons. The van der Waals surface area contributed by atoms with Crippen LogP contribution in [0, 0.1) is 5.82 Å². The molecule has 0 saturated carbocycles. The number of sulfonamides is 1. The summed E-state index contributed by atoms with van der Waals surface area (Å²) in [6.45, 7) is 4.20. The van der Waals surface area contributed by atoms with Crippen molar-refractivity contribution in [3.8, 4) is 0 Å². The normalized spacial score (nSPS) is 15.8. The Labute approximate surface area is 163 Å². The molecule has 8 heteroatoms. The molecule has 1 aliphatic heterocycles. The molecule has 0 fully saturated rings. The van der Waals surface area contributed by atoms with Crippen LogP contribution in [0.1, 0.15) is 25.0 Å². The smallest absolute Gasteiger partial charge is 0.363 e. The van der Waals surface area contributed by atoms with Crippen LogP contribution >= 0.6 is 0 Å². The monoisotopic (exact) mass is 402 g/mol. The van der Waals surface area contributed by atoms with Gasteiger partial charge in [0.25, 0.3) is 0 Å². The molecule has 0 bridgehead atoms. The van der Waals surface area contributed by atoms with Crippen LogP contribution in [0.15, 0.2) is 64.1 Å². The summed E-state index contributed by atoms with van der Waals surface area (Å²) < 4.78 is 45.7. The van der Waals surface area contributed by atoms with Gasteiger partial charge in [0.05, 0.1) is 4.90 Å². The Hall–Kier alpha value is -2.84. The molecule has 146 valence electrons. The van der Waals surface area contributed by atoms with E-state index in [4.69, 9.17) is 4.74 Å². The van der Waals surface area contributed by atoms with Gasteiger partial charge in [-0.15, -0.1) is 0 Å². The highest BCUT2D eigenvalue weighted by molar-refractivity contribution is 7.89. The van der Waals surface area contributed by atoms with Crippen LogP contribution in [0.3, 0.4) is 0 Å². The number of esters is 1. The third kappa shape index (κ3) is 3.88.